The Kier molecular flexibility index (Phi) is 5.73. The molecule has 2 bridgehead atoms. The third-order valence-corrected chi connectivity index (χ3v) is 6.17. The third kappa shape index (κ3) is 4.45. The summed E-state index contributed by atoms with van der Waals surface area (Å²) >= 11 is 0. The molecule has 0 aliphatic carbocycles. The van der Waals surface area contributed by atoms with Crippen molar-refractivity contribution in [3.05, 3.63) is 47.8 Å². The number of alkyl halides is 3. The number of carbonyl (C=O) groups is 1. The summed E-state index contributed by atoms with van der Waals surface area (Å²) < 4.78 is 39.6. The molecular weight excluding hydrogens is 395 g/mol. The van der Waals surface area contributed by atoms with Gasteiger partial charge in [-0.05, 0) is 44.0 Å². The van der Waals surface area contributed by atoms with E-state index < -0.39 is 11.9 Å². The molecule has 0 unspecified atom stereocenters. The van der Waals surface area contributed by atoms with Gasteiger partial charge in [0.05, 0.1) is 0 Å². The highest BCUT2D eigenvalue weighted by molar-refractivity contribution is 5.76. The van der Waals surface area contributed by atoms with Gasteiger partial charge in [0.2, 0.25) is 5.91 Å². The molecule has 30 heavy (non-hydrogen) atoms. The van der Waals surface area contributed by atoms with Gasteiger partial charge in [-0.1, -0.05) is 18.2 Å². The molecule has 2 aromatic rings. The van der Waals surface area contributed by atoms with Gasteiger partial charge in [-0.15, -0.1) is 0 Å². The van der Waals surface area contributed by atoms with Crippen molar-refractivity contribution in [1.82, 2.24) is 19.6 Å². The normalized spacial score (nSPS) is 22.9. The van der Waals surface area contributed by atoms with Crippen molar-refractivity contribution in [1.29, 1.82) is 0 Å². The van der Waals surface area contributed by atoms with Crippen LogP contribution in [0.25, 0.3) is 0 Å². The zero-order chi connectivity index (χ0) is 21.3. The molecule has 1 amide bonds. The van der Waals surface area contributed by atoms with Gasteiger partial charge in [0.25, 0.3) is 0 Å². The number of rotatable bonds is 2. The van der Waals surface area contributed by atoms with E-state index in [0.29, 0.717) is 19.1 Å². The fourth-order valence-corrected chi connectivity index (χ4v) is 4.42. The predicted octanol–water partition coefficient (Wildman–Crippen LogP) is 3.21. The Balaban J connectivity index is 1.57. The summed E-state index contributed by atoms with van der Waals surface area (Å²) in [5.41, 5.74) is 1.01. The monoisotopic (exact) mass is 421 g/mol. The summed E-state index contributed by atoms with van der Waals surface area (Å²) in [6.07, 6.45) is -0.189. The quantitative estimate of drug-likeness (QED) is 0.809. The smallest absolute Gasteiger partial charge is 0.385 e. The van der Waals surface area contributed by atoms with Crippen molar-refractivity contribution in [2.45, 2.75) is 50.6 Å². The van der Waals surface area contributed by atoms with Gasteiger partial charge in [-0.3, -0.25) is 14.4 Å². The predicted molar refractivity (Wildman–Crippen MR) is 107 cm³/mol. The van der Waals surface area contributed by atoms with Crippen LogP contribution in [0.2, 0.25) is 0 Å². The van der Waals surface area contributed by atoms with Gasteiger partial charge in [0.1, 0.15) is 6.54 Å². The minimum Gasteiger partial charge on any atom is -0.385 e. The molecule has 1 aromatic carbocycles. The Morgan fingerprint density at radius 2 is 1.93 bits per heavy atom. The molecule has 0 radical (unpaired) electrons. The number of nitrogens with zero attached hydrogens (tertiary/aromatic N) is 4. The van der Waals surface area contributed by atoms with Crippen LogP contribution in [0.5, 0.6) is 0 Å². The van der Waals surface area contributed by atoms with Crippen LogP contribution >= 0.6 is 0 Å². The molecule has 162 valence electrons. The van der Waals surface area contributed by atoms with Crippen LogP contribution in [0.3, 0.4) is 0 Å². The van der Waals surface area contributed by atoms with E-state index in [4.69, 9.17) is 0 Å². The topological polar surface area (TPSA) is 53.4 Å². The number of hydrogen-bond donors (Lipinski definition) is 1. The molecule has 1 N–H and O–H groups in total. The second-order valence-corrected chi connectivity index (χ2v) is 8.09. The van der Waals surface area contributed by atoms with Crippen LogP contribution in [0, 0.1) is 0 Å². The Morgan fingerprint density at radius 1 is 1.17 bits per heavy atom. The number of fused-ring (bicyclic) bond motifs is 3. The zero-order valence-electron chi connectivity index (χ0n) is 16.9. The average molecular weight is 421 g/mol. The highest BCUT2D eigenvalue weighted by Crippen LogP contribution is 2.29. The van der Waals surface area contributed by atoms with Crippen LogP contribution in [-0.4, -0.2) is 57.7 Å². The molecule has 1 saturated heterocycles. The number of amides is 1. The Bertz CT molecular complexity index is 897. The molecule has 1 fully saturated rings. The molecule has 0 saturated carbocycles. The number of halogens is 3. The summed E-state index contributed by atoms with van der Waals surface area (Å²) in [6.45, 7) is 1.60. The maximum absolute atomic E-state index is 13.1. The summed E-state index contributed by atoms with van der Waals surface area (Å²) in [7, 11) is 2.10. The fraction of sp³-hybridized carbons (Fsp3) is 0.524. The molecular formula is C21H26F3N5O. The lowest BCUT2D eigenvalue weighted by Crippen LogP contribution is -2.44. The highest BCUT2D eigenvalue weighted by atomic mass is 19.4. The van der Waals surface area contributed by atoms with E-state index in [9.17, 15) is 18.0 Å². The van der Waals surface area contributed by atoms with Crippen LogP contribution in [0.15, 0.2) is 36.5 Å². The van der Waals surface area contributed by atoms with Gasteiger partial charge in [0, 0.05) is 43.6 Å². The van der Waals surface area contributed by atoms with Crippen molar-refractivity contribution in [2.75, 3.05) is 25.5 Å². The Morgan fingerprint density at radius 3 is 2.70 bits per heavy atom. The van der Waals surface area contributed by atoms with E-state index in [1.54, 1.807) is 4.90 Å². The summed E-state index contributed by atoms with van der Waals surface area (Å²) in [5.74, 6) is -0.238. The van der Waals surface area contributed by atoms with Crippen molar-refractivity contribution < 1.29 is 18.0 Å². The van der Waals surface area contributed by atoms with Crippen LogP contribution < -0.4 is 5.32 Å². The van der Waals surface area contributed by atoms with Gasteiger partial charge in [-0.2, -0.15) is 18.3 Å². The summed E-state index contributed by atoms with van der Waals surface area (Å²) in [4.78, 5) is 17.2. The van der Waals surface area contributed by atoms with Gasteiger partial charge in [-0.25, -0.2) is 0 Å². The van der Waals surface area contributed by atoms with Crippen LogP contribution in [0.1, 0.15) is 30.5 Å². The van der Waals surface area contributed by atoms with Gasteiger partial charge >= 0.3 is 6.18 Å². The fourth-order valence-electron chi connectivity index (χ4n) is 4.42. The Labute approximate surface area is 173 Å². The molecule has 3 heterocycles. The van der Waals surface area contributed by atoms with Crippen LogP contribution in [0.4, 0.5) is 18.9 Å². The van der Waals surface area contributed by atoms with Crippen molar-refractivity contribution in [2.24, 2.45) is 0 Å². The number of benzene rings is 1. The number of carbonyl (C=O) groups excluding carboxylic acids is 1. The molecule has 0 spiro atoms. The van der Waals surface area contributed by atoms with Crippen molar-refractivity contribution in [3.63, 3.8) is 0 Å². The standard InChI is InChI=1S/C21H26F3N5O/c1-27-16-6-7-17(27)13-28(12-15-4-2-3-5-18(15)25-10-8-16)20(30)14-29-11-9-19(26-29)21(22,23)24/h2-5,9,11,16-17,25H,6-8,10,12-14H2,1H3/t16-,17+/m0/s1. The zero-order valence-corrected chi connectivity index (χ0v) is 16.9. The average Bonchev–Trinajstić information content (AvgIpc) is 3.29. The molecule has 2 atom stereocenters. The SMILES string of the molecule is CN1[C@@H]2CCNc3ccccc3CN(C(=O)Cn3ccc(C(F)(F)F)n3)C[C@H]1CC2. The van der Waals surface area contributed by atoms with Crippen molar-refractivity contribution in [3.8, 4) is 0 Å². The van der Waals surface area contributed by atoms with Crippen molar-refractivity contribution >= 4 is 11.6 Å². The van der Waals surface area contributed by atoms with E-state index in [2.05, 4.69) is 22.4 Å². The lowest BCUT2D eigenvalue weighted by Gasteiger charge is -2.31. The maximum atomic E-state index is 13.1. The number of likely N-dealkylation sites (N-methyl/N-ethyl adjacent to an activating group) is 1. The lowest BCUT2D eigenvalue weighted by molar-refractivity contribution is -0.142. The first-order valence-corrected chi connectivity index (χ1v) is 10.2. The molecule has 1 aromatic heterocycles. The third-order valence-electron chi connectivity index (χ3n) is 6.17. The first-order chi connectivity index (χ1) is 14.3. The molecule has 6 nitrogen and oxygen atoms in total. The van der Waals surface area contributed by atoms with Crippen LogP contribution in [-0.2, 0) is 24.1 Å². The largest absolute Gasteiger partial charge is 0.435 e. The lowest BCUT2D eigenvalue weighted by atomic mass is 10.1. The molecule has 2 aliphatic heterocycles. The highest BCUT2D eigenvalue weighted by Gasteiger charge is 2.35. The number of para-hydroxylation sites is 1. The van der Waals surface area contributed by atoms with Gasteiger partial charge in [0.15, 0.2) is 5.69 Å². The van der Waals surface area contributed by atoms with E-state index in [1.165, 1.54) is 6.20 Å². The number of hydrogen-bond acceptors (Lipinski definition) is 4. The minimum absolute atomic E-state index is 0.217. The summed E-state index contributed by atoms with van der Waals surface area (Å²) in [5, 5.41) is 7.02. The molecule has 9 heteroatoms. The molecule has 4 rings (SSSR count). The summed E-state index contributed by atoms with van der Waals surface area (Å²) in [6, 6.07) is 9.48. The maximum Gasteiger partial charge on any atom is 0.435 e. The first-order valence-electron chi connectivity index (χ1n) is 10.2. The second-order valence-electron chi connectivity index (χ2n) is 8.09. The molecule has 2 aliphatic rings. The number of aromatic nitrogens is 2. The second kappa shape index (κ2) is 8.29. The Hall–Kier alpha value is -2.55. The van der Waals surface area contributed by atoms with E-state index in [1.807, 2.05) is 24.3 Å². The van der Waals surface area contributed by atoms with E-state index in [-0.39, 0.29) is 18.5 Å². The van der Waals surface area contributed by atoms with E-state index in [0.717, 1.165) is 47.8 Å². The van der Waals surface area contributed by atoms with E-state index >= 15 is 0 Å². The van der Waals surface area contributed by atoms with Gasteiger partial charge < -0.3 is 10.2 Å². The first kappa shape index (κ1) is 20.7. The minimum atomic E-state index is -4.52. The number of anilines is 1. The number of nitrogens with one attached hydrogen (secondary N) is 1.